The van der Waals surface area contributed by atoms with E-state index in [-0.39, 0.29) is 5.03 Å². The highest BCUT2D eigenvalue weighted by Crippen LogP contribution is 2.21. The molecule has 0 saturated carbocycles. The van der Waals surface area contributed by atoms with Crippen molar-refractivity contribution in [3.63, 3.8) is 0 Å². The van der Waals surface area contributed by atoms with E-state index in [1.54, 1.807) is 12.1 Å². The number of anilines is 1. The lowest BCUT2D eigenvalue weighted by Gasteiger charge is -2.06. The Morgan fingerprint density at radius 3 is 2.91 bits per heavy atom. The molecule has 0 unspecified atom stereocenters. The molecule has 0 saturated heterocycles. The first kappa shape index (κ1) is 14.4. The third kappa shape index (κ3) is 2.50. The SMILES string of the molecule is CCCn1c(=O)oc2cc(NS(=O)(=O)c3cnc[nH]3)ccc21. The van der Waals surface area contributed by atoms with Crippen LogP contribution in [-0.2, 0) is 16.6 Å². The van der Waals surface area contributed by atoms with E-state index in [1.165, 1.54) is 23.2 Å². The van der Waals surface area contributed by atoms with Crippen molar-refractivity contribution in [3.05, 3.63) is 41.3 Å². The molecule has 2 N–H and O–H groups in total. The van der Waals surface area contributed by atoms with Crippen molar-refractivity contribution in [1.82, 2.24) is 14.5 Å². The zero-order valence-electron chi connectivity index (χ0n) is 11.7. The molecular formula is C13H14N4O4S. The number of nitrogens with one attached hydrogen (secondary N) is 2. The van der Waals surface area contributed by atoms with Gasteiger partial charge < -0.3 is 9.40 Å². The molecule has 0 bridgehead atoms. The van der Waals surface area contributed by atoms with Crippen LogP contribution in [-0.4, -0.2) is 23.0 Å². The summed E-state index contributed by atoms with van der Waals surface area (Å²) in [6.07, 6.45) is 3.28. The first-order chi connectivity index (χ1) is 10.5. The number of hydrogen-bond donors (Lipinski definition) is 2. The van der Waals surface area contributed by atoms with Gasteiger partial charge in [-0.2, -0.15) is 8.42 Å². The van der Waals surface area contributed by atoms with Gasteiger partial charge in [0.25, 0.3) is 10.0 Å². The largest absolute Gasteiger partial charge is 0.419 e. The number of rotatable bonds is 5. The van der Waals surface area contributed by atoms with Crippen LogP contribution >= 0.6 is 0 Å². The van der Waals surface area contributed by atoms with Gasteiger partial charge in [0, 0.05) is 12.6 Å². The monoisotopic (exact) mass is 322 g/mol. The van der Waals surface area contributed by atoms with Gasteiger partial charge in [0.2, 0.25) is 0 Å². The standard InChI is InChI=1S/C13H14N4O4S/c1-2-5-17-10-4-3-9(6-11(10)21-13(17)18)16-22(19,20)12-7-14-8-15-12/h3-4,6-8,16H,2,5H2,1H3,(H,14,15). The molecule has 22 heavy (non-hydrogen) atoms. The van der Waals surface area contributed by atoms with E-state index >= 15 is 0 Å². The summed E-state index contributed by atoms with van der Waals surface area (Å²) >= 11 is 0. The normalized spacial score (nSPS) is 11.9. The molecule has 0 atom stereocenters. The zero-order chi connectivity index (χ0) is 15.7. The molecule has 0 spiro atoms. The van der Waals surface area contributed by atoms with E-state index in [1.807, 2.05) is 6.92 Å². The summed E-state index contributed by atoms with van der Waals surface area (Å²) in [5.74, 6) is -0.453. The van der Waals surface area contributed by atoms with E-state index in [0.29, 0.717) is 23.3 Å². The molecule has 0 aliphatic carbocycles. The third-order valence-electron chi connectivity index (χ3n) is 3.13. The lowest BCUT2D eigenvalue weighted by Crippen LogP contribution is -2.14. The fourth-order valence-electron chi connectivity index (χ4n) is 2.17. The molecule has 8 nitrogen and oxygen atoms in total. The average Bonchev–Trinajstić information content (AvgIpc) is 3.08. The van der Waals surface area contributed by atoms with E-state index < -0.39 is 15.8 Å². The fourth-order valence-corrected chi connectivity index (χ4v) is 3.12. The molecule has 3 rings (SSSR count). The quantitative estimate of drug-likeness (QED) is 0.740. The zero-order valence-corrected chi connectivity index (χ0v) is 12.6. The number of hydrogen-bond acceptors (Lipinski definition) is 5. The first-order valence-electron chi connectivity index (χ1n) is 6.66. The Morgan fingerprint density at radius 2 is 2.23 bits per heavy atom. The molecular weight excluding hydrogens is 308 g/mol. The van der Waals surface area contributed by atoms with Crippen LogP contribution in [0.15, 0.2) is 45.0 Å². The lowest BCUT2D eigenvalue weighted by molar-refractivity contribution is 0.502. The number of oxazole rings is 1. The molecule has 2 heterocycles. The predicted molar refractivity (Wildman–Crippen MR) is 80.2 cm³/mol. The molecule has 2 aromatic heterocycles. The Labute approximate surface area is 125 Å². The smallest absolute Gasteiger partial charge is 0.408 e. The molecule has 0 amide bonds. The summed E-state index contributed by atoms with van der Waals surface area (Å²) in [4.78, 5) is 18.0. The first-order valence-corrected chi connectivity index (χ1v) is 8.14. The van der Waals surface area contributed by atoms with Gasteiger partial charge in [-0.05, 0) is 18.6 Å². The number of aryl methyl sites for hydroxylation is 1. The summed E-state index contributed by atoms with van der Waals surface area (Å²) < 4.78 is 33.3. The van der Waals surface area contributed by atoms with Crippen molar-refractivity contribution in [2.75, 3.05) is 4.72 Å². The van der Waals surface area contributed by atoms with Crippen molar-refractivity contribution < 1.29 is 12.8 Å². The number of aromatic amines is 1. The summed E-state index contributed by atoms with van der Waals surface area (Å²) in [5.41, 5.74) is 1.28. The van der Waals surface area contributed by atoms with Crippen LogP contribution in [0.3, 0.4) is 0 Å². The Bertz CT molecular complexity index is 954. The van der Waals surface area contributed by atoms with Crippen molar-refractivity contribution in [2.45, 2.75) is 24.9 Å². The van der Waals surface area contributed by atoms with Crippen LogP contribution in [0, 0.1) is 0 Å². The molecule has 0 aliphatic rings. The second kappa shape index (κ2) is 5.34. The van der Waals surface area contributed by atoms with Gasteiger partial charge in [0.15, 0.2) is 10.6 Å². The van der Waals surface area contributed by atoms with Crippen LogP contribution in [0.25, 0.3) is 11.1 Å². The maximum absolute atomic E-state index is 12.1. The van der Waals surface area contributed by atoms with Crippen molar-refractivity contribution in [3.8, 4) is 0 Å². The van der Waals surface area contributed by atoms with Gasteiger partial charge in [-0.3, -0.25) is 9.29 Å². The summed E-state index contributed by atoms with van der Waals surface area (Å²) in [7, 11) is -3.75. The van der Waals surface area contributed by atoms with Gasteiger partial charge in [-0.25, -0.2) is 9.78 Å². The maximum atomic E-state index is 12.1. The molecule has 0 aliphatic heterocycles. The minimum absolute atomic E-state index is 0.0439. The average molecular weight is 322 g/mol. The van der Waals surface area contributed by atoms with Gasteiger partial charge in [0.1, 0.15) is 0 Å². The molecule has 1 aromatic carbocycles. The minimum atomic E-state index is -3.75. The highest BCUT2D eigenvalue weighted by atomic mass is 32.2. The molecule has 0 fully saturated rings. The molecule has 0 radical (unpaired) electrons. The summed E-state index contributed by atoms with van der Waals surface area (Å²) in [6.45, 7) is 2.50. The number of imidazole rings is 1. The predicted octanol–water partition coefficient (Wildman–Crippen LogP) is 1.53. The van der Waals surface area contributed by atoms with E-state index in [9.17, 15) is 13.2 Å². The van der Waals surface area contributed by atoms with Crippen LogP contribution < -0.4 is 10.5 Å². The van der Waals surface area contributed by atoms with E-state index in [0.717, 1.165) is 6.42 Å². The van der Waals surface area contributed by atoms with Gasteiger partial charge >= 0.3 is 5.76 Å². The number of H-pyrrole nitrogens is 1. The van der Waals surface area contributed by atoms with Crippen LogP contribution in [0.2, 0.25) is 0 Å². The Morgan fingerprint density at radius 1 is 1.41 bits per heavy atom. The second-order valence-corrected chi connectivity index (χ2v) is 6.37. The van der Waals surface area contributed by atoms with Crippen molar-refractivity contribution in [2.24, 2.45) is 0 Å². The highest BCUT2D eigenvalue weighted by molar-refractivity contribution is 7.92. The Kier molecular flexibility index (Phi) is 3.49. The Balaban J connectivity index is 1.98. The van der Waals surface area contributed by atoms with Crippen molar-refractivity contribution >= 4 is 26.8 Å². The summed E-state index contributed by atoms with van der Waals surface area (Å²) in [6, 6.07) is 4.72. The Hall–Kier alpha value is -2.55. The van der Waals surface area contributed by atoms with Crippen molar-refractivity contribution in [1.29, 1.82) is 0 Å². The van der Waals surface area contributed by atoms with Gasteiger partial charge in [-0.15, -0.1) is 0 Å². The number of sulfonamides is 1. The van der Waals surface area contributed by atoms with Crippen LogP contribution in [0.1, 0.15) is 13.3 Å². The number of nitrogens with zero attached hydrogens (tertiary/aromatic N) is 2. The maximum Gasteiger partial charge on any atom is 0.419 e. The lowest BCUT2D eigenvalue weighted by atomic mass is 10.3. The molecule has 116 valence electrons. The minimum Gasteiger partial charge on any atom is -0.408 e. The fraction of sp³-hybridized carbons (Fsp3) is 0.231. The topological polar surface area (TPSA) is 110 Å². The number of benzene rings is 1. The molecule has 9 heteroatoms. The van der Waals surface area contributed by atoms with Crippen LogP contribution in [0.4, 0.5) is 5.69 Å². The molecule has 3 aromatic rings. The number of fused-ring (bicyclic) bond motifs is 1. The van der Waals surface area contributed by atoms with E-state index in [4.69, 9.17) is 4.42 Å². The highest BCUT2D eigenvalue weighted by Gasteiger charge is 2.17. The second-order valence-electron chi connectivity index (χ2n) is 4.72. The summed E-state index contributed by atoms with van der Waals surface area (Å²) in [5, 5.41) is -0.0439. The van der Waals surface area contributed by atoms with Gasteiger partial charge in [0.05, 0.1) is 23.7 Å². The van der Waals surface area contributed by atoms with Gasteiger partial charge in [-0.1, -0.05) is 6.92 Å². The third-order valence-corrected chi connectivity index (χ3v) is 4.44. The number of aromatic nitrogens is 3. The van der Waals surface area contributed by atoms with Crippen LogP contribution in [0.5, 0.6) is 0 Å². The van der Waals surface area contributed by atoms with E-state index in [2.05, 4.69) is 14.7 Å².